The average molecular weight is 287 g/mol. The van der Waals surface area contributed by atoms with Gasteiger partial charge < -0.3 is 8.97 Å². The molecule has 0 aliphatic heterocycles. The highest BCUT2D eigenvalue weighted by molar-refractivity contribution is 7.98. The molecule has 0 unspecified atom stereocenters. The van der Waals surface area contributed by atoms with E-state index in [2.05, 4.69) is 39.8 Å². The van der Waals surface area contributed by atoms with Crippen molar-refractivity contribution in [1.82, 2.24) is 24.1 Å². The Kier molecular flexibility index (Phi) is 3.73. The van der Waals surface area contributed by atoms with Gasteiger partial charge in [-0.3, -0.25) is 0 Å². The van der Waals surface area contributed by atoms with E-state index in [-0.39, 0.29) is 0 Å². The summed E-state index contributed by atoms with van der Waals surface area (Å²) in [6.45, 7) is 5.13. The van der Waals surface area contributed by atoms with E-state index >= 15 is 0 Å². The maximum absolute atomic E-state index is 4.59. The third-order valence-corrected chi connectivity index (χ3v) is 4.19. The topological polar surface area (TPSA) is 48.0 Å². The van der Waals surface area contributed by atoms with Gasteiger partial charge in [0.1, 0.15) is 11.5 Å². The van der Waals surface area contributed by atoms with Crippen molar-refractivity contribution in [3.8, 4) is 0 Å². The maximum Gasteiger partial charge on any atom is 0.191 e. The van der Waals surface area contributed by atoms with E-state index in [9.17, 15) is 0 Å². The van der Waals surface area contributed by atoms with Crippen molar-refractivity contribution in [2.45, 2.75) is 37.7 Å². The molecule has 5 nitrogen and oxygen atoms in total. The number of hydrogen-bond acceptors (Lipinski definition) is 4. The van der Waals surface area contributed by atoms with Crippen LogP contribution in [0.4, 0.5) is 0 Å². The van der Waals surface area contributed by atoms with Gasteiger partial charge in [-0.05, 0) is 19.1 Å². The van der Waals surface area contributed by atoms with Crippen LogP contribution in [0.2, 0.25) is 0 Å². The Bertz CT molecular complexity index is 682. The van der Waals surface area contributed by atoms with Gasteiger partial charge in [0.25, 0.3) is 0 Å². The van der Waals surface area contributed by atoms with Crippen LogP contribution in [-0.2, 0) is 18.7 Å². The first-order chi connectivity index (χ1) is 9.81. The lowest BCUT2D eigenvalue weighted by atomic mass is 10.4. The molecule has 6 heteroatoms. The van der Waals surface area contributed by atoms with Gasteiger partial charge in [0.15, 0.2) is 5.16 Å². The third kappa shape index (κ3) is 2.43. The Labute approximate surface area is 122 Å². The van der Waals surface area contributed by atoms with E-state index in [1.807, 2.05) is 28.8 Å². The second-order valence-corrected chi connectivity index (χ2v) is 5.43. The van der Waals surface area contributed by atoms with Crippen LogP contribution in [0.15, 0.2) is 35.7 Å². The lowest BCUT2D eigenvalue weighted by Gasteiger charge is -2.04. The predicted octanol–water partition coefficient (Wildman–Crippen LogP) is 2.80. The molecule has 0 aliphatic carbocycles. The predicted molar refractivity (Wildman–Crippen MR) is 79.8 cm³/mol. The summed E-state index contributed by atoms with van der Waals surface area (Å²) in [5, 5.41) is 9.47. The zero-order chi connectivity index (χ0) is 13.9. The van der Waals surface area contributed by atoms with E-state index in [0.29, 0.717) is 0 Å². The fourth-order valence-corrected chi connectivity index (χ4v) is 3.11. The van der Waals surface area contributed by atoms with Gasteiger partial charge >= 0.3 is 0 Å². The van der Waals surface area contributed by atoms with Crippen LogP contribution in [0.3, 0.4) is 0 Å². The molecule has 20 heavy (non-hydrogen) atoms. The molecule has 0 saturated heterocycles. The average Bonchev–Trinajstić information content (AvgIpc) is 3.07. The summed E-state index contributed by atoms with van der Waals surface area (Å²) in [6, 6.07) is 6.02. The Morgan fingerprint density at radius 3 is 2.85 bits per heavy atom. The standard InChI is InChI=1S/C14H17N5S/c1-3-12-16-17-14(19(12)4-2)20-10-11-9-18-8-6-5-7-13(18)15-11/h5-9H,3-4,10H2,1-2H3. The SMILES string of the molecule is CCc1nnc(SCc2cn3ccccc3n2)n1CC. The van der Waals surface area contributed by atoms with E-state index in [1.165, 1.54) is 0 Å². The van der Waals surface area contributed by atoms with Crippen LogP contribution in [0.25, 0.3) is 5.65 Å². The Morgan fingerprint density at radius 2 is 2.10 bits per heavy atom. The van der Waals surface area contributed by atoms with Crippen molar-refractivity contribution in [3.63, 3.8) is 0 Å². The van der Waals surface area contributed by atoms with Crippen molar-refractivity contribution < 1.29 is 0 Å². The van der Waals surface area contributed by atoms with Crippen LogP contribution in [0, 0.1) is 0 Å². The number of imidazole rings is 1. The fourth-order valence-electron chi connectivity index (χ4n) is 2.20. The number of hydrogen-bond donors (Lipinski definition) is 0. The molecule has 0 saturated carbocycles. The maximum atomic E-state index is 4.59. The number of nitrogens with zero attached hydrogens (tertiary/aromatic N) is 5. The number of aromatic nitrogens is 5. The van der Waals surface area contributed by atoms with Gasteiger partial charge in [-0.1, -0.05) is 24.8 Å². The summed E-state index contributed by atoms with van der Waals surface area (Å²) in [4.78, 5) is 4.59. The number of thioether (sulfide) groups is 1. The summed E-state index contributed by atoms with van der Waals surface area (Å²) < 4.78 is 4.21. The van der Waals surface area contributed by atoms with Crippen molar-refractivity contribution >= 4 is 17.4 Å². The Morgan fingerprint density at radius 1 is 1.20 bits per heavy atom. The summed E-state index contributed by atoms with van der Waals surface area (Å²) in [7, 11) is 0. The van der Waals surface area contributed by atoms with Gasteiger partial charge in [-0.25, -0.2) is 4.98 Å². The summed E-state index contributed by atoms with van der Waals surface area (Å²) >= 11 is 1.69. The van der Waals surface area contributed by atoms with Crippen LogP contribution in [0.5, 0.6) is 0 Å². The van der Waals surface area contributed by atoms with Crippen molar-refractivity contribution in [2.24, 2.45) is 0 Å². The normalized spacial score (nSPS) is 11.3. The second kappa shape index (κ2) is 5.66. The Hall–Kier alpha value is -1.82. The summed E-state index contributed by atoms with van der Waals surface area (Å²) in [5.74, 6) is 1.86. The van der Waals surface area contributed by atoms with Gasteiger partial charge in [-0.2, -0.15) is 0 Å². The second-order valence-electron chi connectivity index (χ2n) is 4.48. The molecule has 3 heterocycles. The van der Waals surface area contributed by atoms with Crippen LogP contribution >= 0.6 is 11.8 Å². The van der Waals surface area contributed by atoms with Crippen molar-refractivity contribution in [1.29, 1.82) is 0 Å². The first-order valence-electron chi connectivity index (χ1n) is 6.79. The molecule has 0 N–H and O–H groups in total. The molecule has 3 rings (SSSR count). The molecule has 0 bridgehead atoms. The van der Waals surface area contributed by atoms with Crippen LogP contribution in [0.1, 0.15) is 25.4 Å². The quantitative estimate of drug-likeness (QED) is 0.677. The molecule has 0 aromatic carbocycles. The highest BCUT2D eigenvalue weighted by Crippen LogP contribution is 2.22. The summed E-state index contributed by atoms with van der Waals surface area (Å²) in [6.07, 6.45) is 4.99. The van der Waals surface area contributed by atoms with Gasteiger partial charge in [0.05, 0.1) is 5.69 Å². The first kappa shape index (κ1) is 13.2. The molecule has 0 amide bonds. The fraction of sp³-hybridized carbons (Fsp3) is 0.357. The molecular weight excluding hydrogens is 270 g/mol. The van der Waals surface area contributed by atoms with Gasteiger partial charge in [0, 0.05) is 31.1 Å². The molecule has 0 aliphatic rings. The summed E-state index contributed by atoms with van der Waals surface area (Å²) in [5.41, 5.74) is 2.04. The molecule has 0 radical (unpaired) electrons. The van der Waals surface area contributed by atoms with E-state index in [0.717, 1.165) is 41.0 Å². The van der Waals surface area contributed by atoms with Crippen LogP contribution < -0.4 is 0 Å². The van der Waals surface area contributed by atoms with Gasteiger partial charge in [0.2, 0.25) is 0 Å². The number of rotatable bonds is 5. The van der Waals surface area contributed by atoms with Crippen LogP contribution in [-0.4, -0.2) is 24.1 Å². The molecule has 3 aromatic heterocycles. The first-order valence-corrected chi connectivity index (χ1v) is 7.77. The highest BCUT2D eigenvalue weighted by atomic mass is 32.2. The zero-order valence-electron chi connectivity index (χ0n) is 11.7. The minimum Gasteiger partial charge on any atom is -0.307 e. The highest BCUT2D eigenvalue weighted by Gasteiger charge is 2.10. The number of pyridine rings is 1. The zero-order valence-corrected chi connectivity index (χ0v) is 12.5. The lowest BCUT2D eigenvalue weighted by molar-refractivity contribution is 0.647. The van der Waals surface area contributed by atoms with E-state index in [4.69, 9.17) is 0 Å². The van der Waals surface area contributed by atoms with E-state index < -0.39 is 0 Å². The van der Waals surface area contributed by atoms with Crippen molar-refractivity contribution in [3.05, 3.63) is 42.1 Å². The molecule has 0 atom stereocenters. The smallest absolute Gasteiger partial charge is 0.191 e. The van der Waals surface area contributed by atoms with E-state index in [1.54, 1.807) is 11.8 Å². The van der Waals surface area contributed by atoms with Crippen molar-refractivity contribution in [2.75, 3.05) is 0 Å². The molecule has 3 aromatic rings. The minimum absolute atomic E-state index is 0.809. The Balaban J connectivity index is 1.77. The third-order valence-electron chi connectivity index (χ3n) is 3.19. The molecule has 0 spiro atoms. The minimum atomic E-state index is 0.809. The molecular formula is C14H17N5S. The number of fused-ring (bicyclic) bond motifs is 1. The molecule has 104 valence electrons. The number of aryl methyl sites for hydroxylation is 1. The monoisotopic (exact) mass is 287 g/mol. The lowest BCUT2D eigenvalue weighted by Crippen LogP contribution is -2.02. The largest absolute Gasteiger partial charge is 0.307 e. The van der Waals surface area contributed by atoms with Gasteiger partial charge in [-0.15, -0.1) is 10.2 Å². The molecule has 0 fully saturated rings.